The predicted octanol–water partition coefficient (Wildman–Crippen LogP) is 3.00. The minimum Gasteiger partial charge on any atom is -0.462 e. The van der Waals surface area contributed by atoms with Crippen LogP contribution in [0.3, 0.4) is 0 Å². The minimum atomic E-state index is -0.573. The maximum absolute atomic E-state index is 13.2. The summed E-state index contributed by atoms with van der Waals surface area (Å²) >= 11 is 5.73. The van der Waals surface area contributed by atoms with Gasteiger partial charge < -0.3 is 10.5 Å². The number of halogens is 2. The van der Waals surface area contributed by atoms with Gasteiger partial charge in [0.25, 0.3) is 0 Å². The number of nitrogens with two attached hydrogens (primary N) is 1. The van der Waals surface area contributed by atoms with Crippen LogP contribution in [0.5, 0.6) is 0 Å². The first kappa shape index (κ1) is 15.2. The third-order valence-electron chi connectivity index (χ3n) is 2.78. The molecule has 0 bridgehead atoms. The molecule has 1 aromatic carbocycles. The minimum absolute atomic E-state index is 0.0106. The van der Waals surface area contributed by atoms with Crippen LogP contribution in [0.25, 0.3) is 11.4 Å². The Morgan fingerprint density at radius 3 is 2.71 bits per heavy atom. The Bertz CT molecular complexity index is 684. The van der Waals surface area contributed by atoms with Crippen molar-refractivity contribution in [3.05, 3.63) is 40.3 Å². The number of aryl methyl sites for hydroxylation is 1. The van der Waals surface area contributed by atoms with Gasteiger partial charge in [0.1, 0.15) is 17.2 Å². The van der Waals surface area contributed by atoms with E-state index in [2.05, 4.69) is 9.97 Å². The van der Waals surface area contributed by atoms with Gasteiger partial charge in [-0.2, -0.15) is 0 Å². The zero-order valence-corrected chi connectivity index (χ0v) is 12.2. The molecule has 0 saturated heterocycles. The summed E-state index contributed by atoms with van der Waals surface area (Å²) < 4.78 is 18.1. The van der Waals surface area contributed by atoms with Crippen molar-refractivity contribution in [1.82, 2.24) is 9.97 Å². The number of carbonyl (C=O) groups excluding carboxylic acids is 1. The molecule has 0 radical (unpaired) electrons. The highest BCUT2D eigenvalue weighted by Crippen LogP contribution is 2.25. The smallest absolute Gasteiger partial charge is 0.343 e. The van der Waals surface area contributed by atoms with Gasteiger partial charge in [-0.15, -0.1) is 0 Å². The van der Waals surface area contributed by atoms with Crippen LogP contribution < -0.4 is 5.73 Å². The van der Waals surface area contributed by atoms with Crippen molar-refractivity contribution in [3.63, 3.8) is 0 Å². The Kier molecular flexibility index (Phi) is 4.37. The van der Waals surface area contributed by atoms with Gasteiger partial charge in [-0.1, -0.05) is 11.6 Å². The van der Waals surface area contributed by atoms with Gasteiger partial charge in [-0.25, -0.2) is 19.2 Å². The van der Waals surface area contributed by atoms with Gasteiger partial charge in [0, 0.05) is 5.56 Å². The normalized spacial score (nSPS) is 10.5. The Hall–Kier alpha value is -2.21. The van der Waals surface area contributed by atoms with Crippen LogP contribution in [0.2, 0.25) is 5.02 Å². The van der Waals surface area contributed by atoms with Crippen LogP contribution in [0.4, 0.5) is 10.2 Å². The largest absolute Gasteiger partial charge is 0.462 e. The molecular formula is C14H13ClFN3O2. The number of nitrogens with zero attached hydrogens (tertiary/aromatic N) is 2. The Morgan fingerprint density at radius 1 is 1.43 bits per heavy atom. The van der Waals surface area contributed by atoms with Gasteiger partial charge in [0.05, 0.1) is 17.3 Å². The highest BCUT2D eigenvalue weighted by Gasteiger charge is 2.18. The molecule has 110 valence electrons. The lowest BCUT2D eigenvalue weighted by molar-refractivity contribution is 0.0526. The molecule has 0 unspecified atom stereocenters. The van der Waals surface area contributed by atoms with E-state index in [1.807, 2.05) is 0 Å². The van der Waals surface area contributed by atoms with Gasteiger partial charge in [0.15, 0.2) is 5.82 Å². The summed E-state index contributed by atoms with van der Waals surface area (Å²) in [4.78, 5) is 20.0. The van der Waals surface area contributed by atoms with E-state index in [1.165, 1.54) is 18.2 Å². The van der Waals surface area contributed by atoms with Gasteiger partial charge in [-0.05, 0) is 32.0 Å². The van der Waals surface area contributed by atoms with Crippen molar-refractivity contribution < 1.29 is 13.9 Å². The number of rotatable bonds is 3. The van der Waals surface area contributed by atoms with E-state index in [-0.39, 0.29) is 28.8 Å². The van der Waals surface area contributed by atoms with E-state index in [4.69, 9.17) is 22.1 Å². The van der Waals surface area contributed by atoms with E-state index in [0.717, 1.165) is 0 Å². The summed E-state index contributed by atoms with van der Waals surface area (Å²) in [6, 6.07) is 4.10. The van der Waals surface area contributed by atoms with Crippen molar-refractivity contribution in [1.29, 1.82) is 0 Å². The van der Waals surface area contributed by atoms with Gasteiger partial charge in [-0.3, -0.25) is 0 Å². The molecular weight excluding hydrogens is 297 g/mol. The lowest BCUT2D eigenvalue weighted by atomic mass is 10.1. The standard InChI is InChI=1S/C14H13ClFN3O2/c1-3-21-14(20)11-7(2)18-13(19-12(11)17)8-4-5-10(16)9(15)6-8/h4-6H,3H2,1-2H3,(H2,17,18,19). The molecule has 0 aliphatic heterocycles. The van der Waals surface area contributed by atoms with E-state index in [0.29, 0.717) is 11.3 Å². The maximum Gasteiger partial charge on any atom is 0.343 e. The van der Waals surface area contributed by atoms with Crippen LogP contribution in [0.15, 0.2) is 18.2 Å². The van der Waals surface area contributed by atoms with E-state index < -0.39 is 11.8 Å². The number of hydrogen-bond donors (Lipinski definition) is 1. The zero-order chi connectivity index (χ0) is 15.6. The second-order valence-corrected chi connectivity index (χ2v) is 4.65. The average Bonchev–Trinajstić information content (AvgIpc) is 2.41. The molecule has 0 saturated carbocycles. The highest BCUT2D eigenvalue weighted by molar-refractivity contribution is 6.31. The zero-order valence-electron chi connectivity index (χ0n) is 11.5. The van der Waals surface area contributed by atoms with Crippen LogP contribution in [-0.4, -0.2) is 22.5 Å². The predicted molar refractivity (Wildman–Crippen MR) is 77.5 cm³/mol. The average molecular weight is 310 g/mol. The lowest BCUT2D eigenvalue weighted by Gasteiger charge is -2.10. The number of anilines is 1. The topological polar surface area (TPSA) is 78.1 Å². The second kappa shape index (κ2) is 6.05. The first-order valence-corrected chi connectivity index (χ1v) is 6.58. The van der Waals surface area contributed by atoms with Crippen molar-refractivity contribution in [2.24, 2.45) is 0 Å². The van der Waals surface area contributed by atoms with E-state index >= 15 is 0 Å². The molecule has 0 spiro atoms. The third-order valence-corrected chi connectivity index (χ3v) is 3.06. The van der Waals surface area contributed by atoms with Crippen molar-refractivity contribution in [3.8, 4) is 11.4 Å². The molecule has 7 heteroatoms. The molecule has 0 amide bonds. The number of ether oxygens (including phenoxy) is 1. The highest BCUT2D eigenvalue weighted by atomic mass is 35.5. The number of esters is 1. The summed E-state index contributed by atoms with van der Waals surface area (Å²) in [5.41, 5.74) is 6.82. The summed E-state index contributed by atoms with van der Waals surface area (Å²) in [6.45, 7) is 3.55. The monoisotopic (exact) mass is 309 g/mol. The first-order valence-electron chi connectivity index (χ1n) is 6.20. The van der Waals surface area contributed by atoms with E-state index in [1.54, 1.807) is 13.8 Å². The fraction of sp³-hybridized carbons (Fsp3) is 0.214. The number of nitrogen functional groups attached to an aromatic ring is 1. The summed E-state index contributed by atoms with van der Waals surface area (Å²) in [5, 5.41) is -0.0400. The summed E-state index contributed by atoms with van der Waals surface area (Å²) in [6.07, 6.45) is 0. The molecule has 21 heavy (non-hydrogen) atoms. The summed E-state index contributed by atoms with van der Waals surface area (Å²) in [5.74, 6) is -0.833. The molecule has 1 aromatic heterocycles. The van der Waals surface area contributed by atoms with Crippen molar-refractivity contribution in [2.45, 2.75) is 13.8 Å². The van der Waals surface area contributed by atoms with Crippen LogP contribution in [-0.2, 0) is 4.74 Å². The molecule has 2 rings (SSSR count). The van der Waals surface area contributed by atoms with Crippen LogP contribution >= 0.6 is 11.6 Å². The Labute approximate surface area is 125 Å². The number of benzene rings is 1. The molecule has 2 aromatic rings. The molecule has 0 atom stereocenters. The van der Waals surface area contributed by atoms with Crippen molar-refractivity contribution >= 4 is 23.4 Å². The summed E-state index contributed by atoms with van der Waals surface area (Å²) in [7, 11) is 0. The molecule has 0 aliphatic carbocycles. The first-order chi connectivity index (χ1) is 9.93. The Balaban J connectivity index is 2.48. The number of hydrogen-bond acceptors (Lipinski definition) is 5. The van der Waals surface area contributed by atoms with Crippen LogP contribution in [0, 0.1) is 12.7 Å². The van der Waals surface area contributed by atoms with Gasteiger partial charge >= 0.3 is 5.97 Å². The molecule has 0 fully saturated rings. The number of aromatic nitrogens is 2. The maximum atomic E-state index is 13.2. The van der Waals surface area contributed by atoms with Crippen molar-refractivity contribution in [2.75, 3.05) is 12.3 Å². The second-order valence-electron chi connectivity index (χ2n) is 4.24. The lowest BCUT2D eigenvalue weighted by Crippen LogP contribution is -2.13. The molecule has 1 heterocycles. The fourth-order valence-corrected chi connectivity index (χ4v) is 2.00. The Morgan fingerprint density at radius 2 is 2.14 bits per heavy atom. The molecule has 2 N–H and O–H groups in total. The fourth-order valence-electron chi connectivity index (χ4n) is 1.81. The molecule has 5 nitrogen and oxygen atoms in total. The number of carbonyl (C=O) groups is 1. The third kappa shape index (κ3) is 3.11. The SMILES string of the molecule is CCOC(=O)c1c(C)nc(-c2ccc(F)c(Cl)c2)nc1N. The van der Waals surface area contributed by atoms with E-state index in [9.17, 15) is 9.18 Å². The van der Waals surface area contributed by atoms with Crippen LogP contribution in [0.1, 0.15) is 23.0 Å². The molecule has 0 aliphatic rings. The van der Waals surface area contributed by atoms with Gasteiger partial charge in [0.2, 0.25) is 0 Å². The quantitative estimate of drug-likeness (QED) is 0.882.